The van der Waals surface area contributed by atoms with Crippen molar-refractivity contribution in [2.24, 2.45) is 5.73 Å². The van der Waals surface area contributed by atoms with Crippen LogP contribution < -0.4 is 5.73 Å². The van der Waals surface area contributed by atoms with E-state index in [9.17, 15) is 0 Å². The lowest BCUT2D eigenvalue weighted by Gasteiger charge is -2.05. The standard InChI is InChI=1S/C14H23NS/c1-12-8-13(2)10-14(9-12)11-16-7-5-3-4-6-15/h8-10H,3-7,11,15H2,1-2H3. The van der Waals surface area contributed by atoms with Crippen molar-refractivity contribution in [2.75, 3.05) is 12.3 Å². The Morgan fingerprint density at radius 1 is 1.00 bits per heavy atom. The number of hydrogen-bond donors (Lipinski definition) is 1. The molecule has 1 nitrogen and oxygen atoms in total. The minimum atomic E-state index is 0.835. The SMILES string of the molecule is Cc1cc(C)cc(CSCCCCCN)c1. The molecule has 90 valence electrons. The second kappa shape index (κ2) is 7.75. The maximum atomic E-state index is 5.46. The van der Waals surface area contributed by atoms with Crippen LogP contribution in [-0.2, 0) is 5.75 Å². The first-order valence-corrected chi connectivity index (χ1v) is 7.23. The van der Waals surface area contributed by atoms with Crippen molar-refractivity contribution < 1.29 is 0 Å². The zero-order valence-corrected chi connectivity index (χ0v) is 11.3. The highest BCUT2D eigenvalue weighted by Gasteiger charge is 1.96. The van der Waals surface area contributed by atoms with Crippen molar-refractivity contribution in [1.82, 2.24) is 0 Å². The van der Waals surface area contributed by atoms with Gasteiger partial charge in [0.05, 0.1) is 0 Å². The van der Waals surface area contributed by atoms with Crippen LogP contribution in [-0.4, -0.2) is 12.3 Å². The molecule has 0 saturated heterocycles. The number of rotatable bonds is 7. The first kappa shape index (κ1) is 13.6. The summed E-state index contributed by atoms with van der Waals surface area (Å²) in [5.74, 6) is 2.40. The van der Waals surface area contributed by atoms with Gasteiger partial charge in [-0.3, -0.25) is 0 Å². The Hall–Kier alpha value is -0.470. The van der Waals surface area contributed by atoms with E-state index in [1.54, 1.807) is 0 Å². The van der Waals surface area contributed by atoms with Crippen molar-refractivity contribution in [1.29, 1.82) is 0 Å². The average molecular weight is 237 g/mol. The topological polar surface area (TPSA) is 26.0 Å². The summed E-state index contributed by atoms with van der Waals surface area (Å²) in [6.07, 6.45) is 3.74. The van der Waals surface area contributed by atoms with E-state index in [0.717, 1.165) is 12.3 Å². The van der Waals surface area contributed by atoms with Crippen molar-refractivity contribution in [3.63, 3.8) is 0 Å². The van der Waals surface area contributed by atoms with Crippen LogP contribution in [0.1, 0.15) is 36.0 Å². The molecule has 0 aromatic heterocycles. The number of nitrogens with two attached hydrogens (primary N) is 1. The van der Waals surface area contributed by atoms with E-state index < -0.39 is 0 Å². The quantitative estimate of drug-likeness (QED) is 0.732. The summed E-state index contributed by atoms with van der Waals surface area (Å²) < 4.78 is 0. The lowest BCUT2D eigenvalue weighted by Crippen LogP contribution is -1.98. The molecule has 0 spiro atoms. The fourth-order valence-corrected chi connectivity index (χ4v) is 2.82. The number of hydrogen-bond acceptors (Lipinski definition) is 2. The molecule has 0 aliphatic heterocycles. The minimum absolute atomic E-state index is 0.835. The normalized spacial score (nSPS) is 10.7. The van der Waals surface area contributed by atoms with Crippen LogP contribution in [0.2, 0.25) is 0 Å². The third-order valence-corrected chi connectivity index (χ3v) is 3.66. The van der Waals surface area contributed by atoms with Crippen LogP contribution in [0.15, 0.2) is 18.2 Å². The fourth-order valence-electron chi connectivity index (χ4n) is 1.87. The molecule has 0 aliphatic carbocycles. The molecular formula is C14H23NS. The van der Waals surface area contributed by atoms with Gasteiger partial charge >= 0.3 is 0 Å². The van der Waals surface area contributed by atoms with E-state index in [0.29, 0.717) is 0 Å². The smallest absolute Gasteiger partial charge is 0.0184 e. The van der Waals surface area contributed by atoms with E-state index in [4.69, 9.17) is 5.73 Å². The molecule has 0 bridgehead atoms. The molecule has 0 aliphatic rings. The number of thioether (sulfide) groups is 1. The first-order valence-electron chi connectivity index (χ1n) is 6.07. The highest BCUT2D eigenvalue weighted by Crippen LogP contribution is 2.17. The van der Waals surface area contributed by atoms with Gasteiger partial charge in [0.2, 0.25) is 0 Å². The van der Waals surface area contributed by atoms with E-state index >= 15 is 0 Å². The second-order valence-corrected chi connectivity index (χ2v) is 5.50. The molecule has 0 fully saturated rings. The molecular weight excluding hydrogens is 214 g/mol. The van der Waals surface area contributed by atoms with Gasteiger partial charge in [0.25, 0.3) is 0 Å². The van der Waals surface area contributed by atoms with Crippen molar-refractivity contribution in [3.8, 4) is 0 Å². The van der Waals surface area contributed by atoms with Gasteiger partial charge in [-0.1, -0.05) is 35.7 Å². The lowest BCUT2D eigenvalue weighted by molar-refractivity contribution is 0.732. The lowest BCUT2D eigenvalue weighted by atomic mass is 10.1. The summed E-state index contributed by atoms with van der Waals surface area (Å²) in [4.78, 5) is 0. The van der Waals surface area contributed by atoms with Gasteiger partial charge < -0.3 is 5.73 Å². The van der Waals surface area contributed by atoms with Crippen molar-refractivity contribution in [2.45, 2.75) is 38.9 Å². The average Bonchev–Trinajstić information content (AvgIpc) is 2.22. The molecule has 0 radical (unpaired) electrons. The van der Waals surface area contributed by atoms with Crippen molar-refractivity contribution >= 4 is 11.8 Å². The first-order chi connectivity index (χ1) is 7.72. The molecule has 0 amide bonds. The molecule has 0 unspecified atom stereocenters. The number of aryl methyl sites for hydroxylation is 2. The van der Waals surface area contributed by atoms with Gasteiger partial charge in [-0.2, -0.15) is 11.8 Å². The van der Waals surface area contributed by atoms with Gasteiger partial charge in [0, 0.05) is 5.75 Å². The van der Waals surface area contributed by atoms with E-state index in [2.05, 4.69) is 32.0 Å². The Balaban J connectivity index is 2.21. The third kappa shape index (κ3) is 5.57. The second-order valence-electron chi connectivity index (χ2n) is 4.40. The highest BCUT2D eigenvalue weighted by atomic mass is 32.2. The van der Waals surface area contributed by atoms with Crippen LogP contribution in [0.25, 0.3) is 0 Å². The summed E-state index contributed by atoms with van der Waals surface area (Å²) >= 11 is 2.03. The van der Waals surface area contributed by atoms with Crippen LogP contribution in [0, 0.1) is 13.8 Å². The molecule has 0 atom stereocenters. The zero-order valence-electron chi connectivity index (χ0n) is 10.5. The van der Waals surface area contributed by atoms with E-state index in [1.807, 2.05) is 11.8 Å². The number of unbranched alkanes of at least 4 members (excludes halogenated alkanes) is 2. The molecule has 16 heavy (non-hydrogen) atoms. The highest BCUT2D eigenvalue weighted by molar-refractivity contribution is 7.98. The molecule has 1 aromatic carbocycles. The predicted molar refractivity (Wildman–Crippen MR) is 75.0 cm³/mol. The van der Waals surface area contributed by atoms with E-state index in [1.165, 1.54) is 41.7 Å². The predicted octanol–water partition coefficient (Wildman–Crippen LogP) is 3.67. The largest absolute Gasteiger partial charge is 0.330 e. The molecule has 1 rings (SSSR count). The summed E-state index contributed by atoms with van der Waals surface area (Å²) in [5, 5.41) is 0. The maximum Gasteiger partial charge on any atom is 0.0184 e. The van der Waals surface area contributed by atoms with Gasteiger partial charge in [-0.25, -0.2) is 0 Å². The molecule has 0 saturated carbocycles. The Morgan fingerprint density at radius 3 is 2.31 bits per heavy atom. The zero-order chi connectivity index (χ0) is 11.8. The fraction of sp³-hybridized carbons (Fsp3) is 0.571. The summed E-state index contributed by atoms with van der Waals surface area (Å²) in [6.45, 7) is 5.17. The molecule has 1 aromatic rings. The Labute approximate surface area is 104 Å². The Morgan fingerprint density at radius 2 is 1.69 bits per heavy atom. The molecule has 0 heterocycles. The van der Waals surface area contributed by atoms with E-state index in [-0.39, 0.29) is 0 Å². The summed E-state index contributed by atoms with van der Waals surface area (Å²) in [5.41, 5.74) is 9.67. The monoisotopic (exact) mass is 237 g/mol. The summed E-state index contributed by atoms with van der Waals surface area (Å²) in [7, 11) is 0. The number of benzene rings is 1. The summed E-state index contributed by atoms with van der Waals surface area (Å²) in [6, 6.07) is 6.81. The maximum absolute atomic E-state index is 5.46. The van der Waals surface area contributed by atoms with Crippen molar-refractivity contribution in [3.05, 3.63) is 34.9 Å². The Bertz CT molecular complexity index is 289. The van der Waals surface area contributed by atoms with Crippen LogP contribution >= 0.6 is 11.8 Å². The molecule has 2 heteroatoms. The van der Waals surface area contributed by atoms with Crippen LogP contribution in [0.5, 0.6) is 0 Å². The van der Waals surface area contributed by atoms with Gasteiger partial charge in [-0.05, 0) is 44.6 Å². The minimum Gasteiger partial charge on any atom is -0.330 e. The van der Waals surface area contributed by atoms with Gasteiger partial charge in [0.1, 0.15) is 0 Å². The van der Waals surface area contributed by atoms with Crippen LogP contribution in [0.4, 0.5) is 0 Å². The van der Waals surface area contributed by atoms with Gasteiger partial charge in [-0.15, -0.1) is 0 Å². The van der Waals surface area contributed by atoms with Crippen LogP contribution in [0.3, 0.4) is 0 Å². The molecule has 2 N–H and O–H groups in total. The van der Waals surface area contributed by atoms with Gasteiger partial charge in [0.15, 0.2) is 0 Å². The Kier molecular flexibility index (Phi) is 6.58. The third-order valence-electron chi connectivity index (χ3n) is 2.54.